The summed E-state index contributed by atoms with van der Waals surface area (Å²) in [5, 5.41) is 0. The Balaban J connectivity index is 0. The van der Waals surface area contributed by atoms with Gasteiger partial charge in [0.1, 0.15) is 0 Å². The molecule has 0 aliphatic carbocycles. The van der Waals surface area contributed by atoms with Crippen LogP contribution in [0.2, 0.25) is 0 Å². The summed E-state index contributed by atoms with van der Waals surface area (Å²) in [6.45, 7) is 0. The molecule has 0 atom stereocenters. The summed E-state index contributed by atoms with van der Waals surface area (Å²) >= 11 is 0. The average molecular weight is 283 g/mol. The topological polar surface area (TPSA) is 0 Å². The Morgan fingerprint density at radius 1 is 0.667 bits per heavy atom. The quantitative estimate of drug-likeness (QED) is 0.568. The van der Waals surface area contributed by atoms with E-state index in [-0.39, 0.29) is 117 Å². The Morgan fingerprint density at radius 3 is 0.667 bits per heavy atom. The van der Waals surface area contributed by atoms with Gasteiger partial charge in [-0.15, -0.1) is 37.2 Å². The van der Waals surface area contributed by atoms with Crippen LogP contribution < -0.4 is 0 Å². The number of rotatable bonds is 0. The fourth-order valence-electron chi connectivity index (χ4n) is 0. The minimum atomic E-state index is 0. The molecule has 0 aromatic heterocycles. The van der Waals surface area contributed by atoms with Crippen LogP contribution in [0.5, 0.6) is 0 Å². The van der Waals surface area contributed by atoms with Gasteiger partial charge in [-0.2, -0.15) is 0 Å². The van der Waals surface area contributed by atoms with Crippen LogP contribution in [0.1, 0.15) is 0 Å². The molecular formula is H3BCeCl3Na. The van der Waals surface area contributed by atoms with Gasteiger partial charge < -0.3 is 0 Å². The second-order valence-corrected chi connectivity index (χ2v) is 0. The molecule has 0 bridgehead atoms. The fourth-order valence-corrected chi connectivity index (χ4v) is 0. The summed E-state index contributed by atoms with van der Waals surface area (Å²) in [6.07, 6.45) is 0. The first-order valence-electron chi connectivity index (χ1n) is 0. The first-order chi connectivity index (χ1) is 0. The average Bonchev–Trinajstić information content (AvgIpc) is 0. The van der Waals surface area contributed by atoms with Gasteiger partial charge in [-0.3, -0.25) is 0 Å². The molecule has 0 unspecified atom stereocenters. The Hall–Kier alpha value is 3.31. The van der Waals surface area contributed by atoms with Gasteiger partial charge in [-0.1, -0.05) is 0 Å². The zero-order valence-corrected chi connectivity index (χ0v) is 10.9. The Bertz CT molecular complexity index is 10.8. The van der Waals surface area contributed by atoms with Crippen molar-refractivity contribution in [2.24, 2.45) is 0 Å². The van der Waals surface area contributed by atoms with Gasteiger partial charge in [0.15, 0.2) is 0 Å². The first-order valence-corrected chi connectivity index (χ1v) is 0. The van der Waals surface area contributed by atoms with Crippen molar-refractivity contribution in [1.82, 2.24) is 0 Å². The third kappa shape index (κ3) is 26.6. The van der Waals surface area contributed by atoms with Crippen LogP contribution in [-0.2, 0) is 0 Å². The van der Waals surface area contributed by atoms with E-state index in [0.717, 1.165) is 0 Å². The minimum absolute atomic E-state index is 0. The minimum Gasteiger partial charge on any atom is -0.147 e. The number of hydrogen-bond acceptors (Lipinski definition) is 0. The van der Waals surface area contributed by atoms with E-state index in [2.05, 4.69) is 0 Å². The summed E-state index contributed by atoms with van der Waals surface area (Å²) in [5.41, 5.74) is 0. The maximum Gasteiger partial charge on any atom is 0 e. The van der Waals surface area contributed by atoms with Crippen molar-refractivity contribution in [3.63, 3.8) is 0 Å². The van der Waals surface area contributed by atoms with Gasteiger partial charge in [0.2, 0.25) is 0 Å². The van der Waals surface area contributed by atoms with E-state index in [1.54, 1.807) is 0 Å². The van der Waals surface area contributed by atoms with Crippen LogP contribution in [0.4, 0.5) is 0 Å². The van der Waals surface area contributed by atoms with Crippen LogP contribution in [0.15, 0.2) is 0 Å². The molecule has 0 N–H and O–H groups in total. The Labute approximate surface area is 114 Å². The molecule has 0 aromatic rings. The number of halogens is 3. The van der Waals surface area contributed by atoms with E-state index in [4.69, 9.17) is 0 Å². The molecule has 4 radical (unpaired) electrons. The molecule has 0 nitrogen and oxygen atoms in total. The van der Waals surface area contributed by atoms with Gasteiger partial charge in [-0.25, -0.2) is 0 Å². The van der Waals surface area contributed by atoms with Crippen molar-refractivity contribution < 1.29 is 41.7 Å². The molecule has 0 amide bonds. The van der Waals surface area contributed by atoms with Gasteiger partial charge in [0, 0.05) is 79.7 Å². The predicted molar refractivity (Wildman–Crippen MR) is 33.3 cm³/mol. The van der Waals surface area contributed by atoms with E-state index >= 15 is 0 Å². The van der Waals surface area contributed by atoms with Crippen LogP contribution in [0.25, 0.3) is 0 Å². The third-order valence-electron chi connectivity index (χ3n) is 0. The van der Waals surface area contributed by atoms with Crippen LogP contribution in [0, 0.1) is 41.7 Å². The van der Waals surface area contributed by atoms with E-state index in [1.165, 1.54) is 0 Å². The second kappa shape index (κ2) is 40.5. The van der Waals surface area contributed by atoms with Crippen LogP contribution in [0.3, 0.4) is 0 Å². The van der Waals surface area contributed by atoms with E-state index in [0.29, 0.717) is 0 Å². The second-order valence-electron chi connectivity index (χ2n) is 0. The van der Waals surface area contributed by atoms with Gasteiger partial charge in [-0.05, 0) is 0 Å². The molecule has 0 spiro atoms. The molecule has 0 saturated heterocycles. The molecule has 0 fully saturated rings. The first kappa shape index (κ1) is 58.7. The molecule has 0 rings (SSSR count). The van der Waals surface area contributed by atoms with Crippen molar-refractivity contribution in [2.75, 3.05) is 0 Å². The van der Waals surface area contributed by atoms with E-state index in [1.807, 2.05) is 0 Å². The summed E-state index contributed by atoms with van der Waals surface area (Å²) in [6, 6.07) is 0. The molecule has 0 aliphatic heterocycles. The van der Waals surface area contributed by atoms with E-state index in [9.17, 15) is 0 Å². The third-order valence-corrected chi connectivity index (χ3v) is 0. The van der Waals surface area contributed by atoms with Crippen molar-refractivity contribution >= 4 is 75.2 Å². The van der Waals surface area contributed by atoms with Crippen LogP contribution >= 0.6 is 37.2 Å². The maximum atomic E-state index is 0. The molecule has 32 valence electrons. The van der Waals surface area contributed by atoms with Gasteiger partial charge in [0.25, 0.3) is 0 Å². The smallest absolute Gasteiger partial charge is 0 e. The molecular weight excluding hydrogens is 280 g/mol. The zero-order valence-electron chi connectivity index (χ0n) is 3.30. The molecule has 0 saturated carbocycles. The Morgan fingerprint density at radius 2 is 0.667 bits per heavy atom. The number of hydrogen-bond donors (Lipinski definition) is 0. The standard InChI is InChI=1S/B.Ce.3ClH.Na/h;;3*1H;. The van der Waals surface area contributed by atoms with Crippen molar-refractivity contribution in [2.45, 2.75) is 0 Å². The van der Waals surface area contributed by atoms with Crippen LogP contribution in [-0.4, -0.2) is 38.0 Å². The van der Waals surface area contributed by atoms with E-state index < -0.39 is 0 Å². The molecule has 0 aliphatic rings. The van der Waals surface area contributed by atoms with Gasteiger partial charge in [0.05, 0.1) is 0 Å². The molecule has 0 aromatic carbocycles. The summed E-state index contributed by atoms with van der Waals surface area (Å²) < 4.78 is 0. The van der Waals surface area contributed by atoms with Gasteiger partial charge >= 0.3 is 0 Å². The molecule has 6 heteroatoms. The monoisotopic (exact) mass is 282 g/mol. The SMILES string of the molecule is Cl.Cl.Cl.[B].[Ce].[Na]. The molecule has 0 heterocycles. The largest absolute Gasteiger partial charge is 0.147 e. The van der Waals surface area contributed by atoms with Crippen molar-refractivity contribution in [3.8, 4) is 0 Å². The Kier molecular flexibility index (Phi) is 396. The molecule has 6 heavy (non-hydrogen) atoms. The van der Waals surface area contributed by atoms with Crippen molar-refractivity contribution in [3.05, 3.63) is 0 Å². The fraction of sp³-hybridized carbons (Fsp3) is 0. The zero-order chi connectivity index (χ0) is 0. The predicted octanol–water partition coefficient (Wildman–Crippen LogP) is 0.504. The summed E-state index contributed by atoms with van der Waals surface area (Å²) in [4.78, 5) is 0. The summed E-state index contributed by atoms with van der Waals surface area (Å²) in [5.74, 6) is 0. The van der Waals surface area contributed by atoms with Crippen molar-refractivity contribution in [1.29, 1.82) is 0 Å². The maximum absolute atomic E-state index is 0. The normalized spacial score (nSPS) is 0. The summed E-state index contributed by atoms with van der Waals surface area (Å²) in [7, 11) is 0.